The Hall–Kier alpha value is -2.74. The van der Waals surface area contributed by atoms with Gasteiger partial charge in [0, 0.05) is 21.5 Å². The van der Waals surface area contributed by atoms with Crippen LogP contribution in [0.2, 0.25) is 0 Å². The minimum atomic E-state index is 0.919. The summed E-state index contributed by atoms with van der Waals surface area (Å²) in [6.45, 7) is 8.87. The Bertz CT molecular complexity index is 989. The molecule has 0 heterocycles. The Kier molecular flexibility index (Phi) is 9.22. The molecule has 0 bridgehead atoms. The van der Waals surface area contributed by atoms with Gasteiger partial charge in [-0.3, -0.25) is 0 Å². The number of aryl methyl sites for hydroxylation is 2. The first-order valence-corrected chi connectivity index (χ1v) is 12.4. The first-order valence-electron chi connectivity index (χ1n) is 12.4. The number of ether oxygens (including phenoxy) is 2. The van der Waals surface area contributed by atoms with E-state index in [0.29, 0.717) is 0 Å². The van der Waals surface area contributed by atoms with Crippen LogP contribution in [-0.2, 0) is 12.8 Å². The molecule has 2 nitrogen and oxygen atoms in total. The average molecular weight is 431 g/mol. The Morgan fingerprint density at radius 3 is 1.44 bits per heavy atom. The van der Waals surface area contributed by atoms with E-state index in [9.17, 15) is 0 Å². The van der Waals surface area contributed by atoms with E-state index in [1.165, 1.54) is 36.8 Å². The molecule has 32 heavy (non-hydrogen) atoms. The molecule has 0 aliphatic rings. The van der Waals surface area contributed by atoms with Gasteiger partial charge in [0.2, 0.25) is 0 Å². The molecule has 3 aromatic rings. The normalized spacial score (nSPS) is 11.9. The second kappa shape index (κ2) is 12.3. The van der Waals surface area contributed by atoms with E-state index in [2.05, 4.69) is 76.2 Å². The summed E-state index contributed by atoms with van der Waals surface area (Å²) in [6.07, 6.45) is 16.8. The number of hydrogen-bond acceptors (Lipinski definition) is 2. The third kappa shape index (κ3) is 5.54. The van der Waals surface area contributed by atoms with Crippen LogP contribution in [0.1, 0.15) is 77.3 Å². The first kappa shape index (κ1) is 23.9. The highest BCUT2D eigenvalue weighted by Gasteiger charge is 2.17. The van der Waals surface area contributed by atoms with Crippen molar-refractivity contribution >= 4 is 21.5 Å². The van der Waals surface area contributed by atoms with Crippen molar-refractivity contribution in [3.05, 3.63) is 72.2 Å². The van der Waals surface area contributed by atoms with Crippen LogP contribution in [0.4, 0.5) is 0 Å². The van der Waals surface area contributed by atoms with Gasteiger partial charge in [0.15, 0.2) is 0 Å². The van der Waals surface area contributed by atoms with Gasteiger partial charge in [-0.15, -0.1) is 0 Å². The van der Waals surface area contributed by atoms with Crippen LogP contribution in [0.3, 0.4) is 0 Å². The summed E-state index contributed by atoms with van der Waals surface area (Å²) in [5.41, 5.74) is 2.75. The lowest BCUT2D eigenvalue weighted by Gasteiger charge is -2.18. The topological polar surface area (TPSA) is 18.5 Å². The summed E-state index contributed by atoms with van der Waals surface area (Å²) in [5, 5.41) is 4.41. The second-order valence-corrected chi connectivity index (χ2v) is 8.34. The molecular weight excluding hydrogens is 392 g/mol. The number of allylic oxidation sites excluding steroid dienone is 2. The van der Waals surface area contributed by atoms with Crippen LogP contribution in [0.5, 0.6) is 11.5 Å². The molecule has 0 saturated carbocycles. The van der Waals surface area contributed by atoms with E-state index >= 15 is 0 Å². The van der Waals surface area contributed by atoms with Crippen LogP contribution >= 0.6 is 0 Å². The SMILES string of the molecule is CCCC/C=C/Oc1c2ccccc2c(O/C=C/CCCC)c2cc(CC)c(CC)cc12. The Balaban J connectivity index is 2.18. The molecule has 0 aromatic heterocycles. The minimum Gasteiger partial charge on any atom is -0.464 e. The zero-order valence-electron chi connectivity index (χ0n) is 20.2. The van der Waals surface area contributed by atoms with Crippen LogP contribution in [0, 0.1) is 0 Å². The standard InChI is InChI=1S/C30H38O2/c1-5-9-11-15-19-31-29-25-17-13-14-18-26(25)30(32-20-16-12-10-6-2)28-22-24(8-4)23(7-3)21-27(28)29/h13-22H,5-12H2,1-4H3/b19-15+,20-16+. The van der Waals surface area contributed by atoms with Gasteiger partial charge < -0.3 is 9.47 Å². The molecule has 0 N–H and O–H groups in total. The molecule has 0 atom stereocenters. The smallest absolute Gasteiger partial charge is 0.142 e. The van der Waals surface area contributed by atoms with Gasteiger partial charge in [0.05, 0.1) is 12.5 Å². The monoisotopic (exact) mass is 430 g/mol. The van der Waals surface area contributed by atoms with Crippen molar-refractivity contribution in [3.8, 4) is 11.5 Å². The van der Waals surface area contributed by atoms with Gasteiger partial charge in [-0.2, -0.15) is 0 Å². The van der Waals surface area contributed by atoms with Crippen molar-refractivity contribution in [2.24, 2.45) is 0 Å². The maximum Gasteiger partial charge on any atom is 0.142 e. The van der Waals surface area contributed by atoms with Gasteiger partial charge in [-0.05, 0) is 73.9 Å². The fraction of sp³-hybridized carbons (Fsp3) is 0.400. The molecule has 0 unspecified atom stereocenters. The second-order valence-electron chi connectivity index (χ2n) is 8.34. The van der Waals surface area contributed by atoms with E-state index in [4.69, 9.17) is 9.47 Å². The van der Waals surface area contributed by atoms with E-state index in [1.54, 1.807) is 0 Å². The third-order valence-corrected chi connectivity index (χ3v) is 6.02. The number of benzene rings is 3. The summed E-state index contributed by atoms with van der Waals surface area (Å²) in [4.78, 5) is 0. The molecule has 0 fully saturated rings. The van der Waals surface area contributed by atoms with Gasteiger partial charge in [0.25, 0.3) is 0 Å². The molecule has 0 aliphatic carbocycles. The van der Waals surface area contributed by atoms with E-state index in [1.807, 2.05) is 12.5 Å². The number of rotatable bonds is 12. The molecule has 0 amide bonds. The largest absolute Gasteiger partial charge is 0.464 e. The lowest BCUT2D eigenvalue weighted by molar-refractivity contribution is 0.481. The van der Waals surface area contributed by atoms with Crippen LogP contribution in [-0.4, -0.2) is 0 Å². The predicted octanol–water partition coefficient (Wildman–Crippen LogP) is 9.28. The van der Waals surface area contributed by atoms with Crippen molar-refractivity contribution in [1.29, 1.82) is 0 Å². The van der Waals surface area contributed by atoms with E-state index in [0.717, 1.165) is 58.7 Å². The number of unbranched alkanes of at least 4 members (excludes halogenated alkanes) is 4. The van der Waals surface area contributed by atoms with E-state index < -0.39 is 0 Å². The third-order valence-electron chi connectivity index (χ3n) is 6.02. The van der Waals surface area contributed by atoms with Crippen molar-refractivity contribution in [2.45, 2.75) is 79.1 Å². The average Bonchev–Trinajstić information content (AvgIpc) is 2.83. The van der Waals surface area contributed by atoms with Crippen LogP contribution < -0.4 is 9.47 Å². The lowest BCUT2D eigenvalue weighted by Crippen LogP contribution is -1.97. The Morgan fingerprint density at radius 2 is 1.06 bits per heavy atom. The summed E-state index contributed by atoms with van der Waals surface area (Å²) < 4.78 is 12.6. The minimum absolute atomic E-state index is 0.919. The van der Waals surface area contributed by atoms with Crippen molar-refractivity contribution in [2.75, 3.05) is 0 Å². The Labute approximate surface area is 193 Å². The maximum atomic E-state index is 6.31. The van der Waals surface area contributed by atoms with Crippen LogP contribution in [0.25, 0.3) is 21.5 Å². The molecule has 0 spiro atoms. The number of hydrogen-bond donors (Lipinski definition) is 0. The molecule has 2 heteroatoms. The molecule has 3 rings (SSSR count). The van der Waals surface area contributed by atoms with Crippen molar-refractivity contribution in [3.63, 3.8) is 0 Å². The molecular formula is C30H38O2. The zero-order chi connectivity index (χ0) is 22.8. The van der Waals surface area contributed by atoms with E-state index in [-0.39, 0.29) is 0 Å². The predicted molar refractivity (Wildman–Crippen MR) is 139 cm³/mol. The molecule has 170 valence electrons. The first-order chi connectivity index (χ1) is 15.7. The fourth-order valence-corrected chi connectivity index (χ4v) is 4.16. The lowest BCUT2D eigenvalue weighted by atomic mass is 9.94. The summed E-state index contributed by atoms with van der Waals surface area (Å²) in [5.74, 6) is 1.84. The molecule has 0 radical (unpaired) electrons. The zero-order valence-corrected chi connectivity index (χ0v) is 20.2. The molecule has 0 saturated heterocycles. The van der Waals surface area contributed by atoms with Crippen molar-refractivity contribution < 1.29 is 9.47 Å². The number of fused-ring (bicyclic) bond motifs is 2. The molecule has 0 aliphatic heterocycles. The van der Waals surface area contributed by atoms with Gasteiger partial charge in [-0.25, -0.2) is 0 Å². The highest BCUT2D eigenvalue weighted by atomic mass is 16.5. The Morgan fingerprint density at radius 1 is 0.625 bits per heavy atom. The highest BCUT2D eigenvalue weighted by molar-refractivity contribution is 6.11. The molecule has 3 aromatic carbocycles. The van der Waals surface area contributed by atoms with Gasteiger partial charge in [-0.1, -0.05) is 64.8 Å². The van der Waals surface area contributed by atoms with Gasteiger partial charge >= 0.3 is 0 Å². The van der Waals surface area contributed by atoms with Crippen LogP contribution in [0.15, 0.2) is 61.1 Å². The summed E-state index contributed by atoms with van der Waals surface area (Å²) in [7, 11) is 0. The maximum absolute atomic E-state index is 6.31. The quantitative estimate of drug-likeness (QED) is 0.162. The fourth-order valence-electron chi connectivity index (χ4n) is 4.16. The van der Waals surface area contributed by atoms with Gasteiger partial charge in [0.1, 0.15) is 11.5 Å². The summed E-state index contributed by atoms with van der Waals surface area (Å²) >= 11 is 0. The summed E-state index contributed by atoms with van der Waals surface area (Å²) in [6, 6.07) is 13.0. The van der Waals surface area contributed by atoms with Crippen molar-refractivity contribution in [1.82, 2.24) is 0 Å². The highest BCUT2D eigenvalue weighted by Crippen LogP contribution is 2.44.